The molecular weight excluding hydrogens is 316 g/mol. The van der Waals surface area contributed by atoms with Gasteiger partial charge in [-0.1, -0.05) is 0 Å². The van der Waals surface area contributed by atoms with Crippen molar-refractivity contribution in [1.29, 1.82) is 0 Å². The highest BCUT2D eigenvalue weighted by Crippen LogP contribution is 2.18. The number of hydrogen-bond acceptors (Lipinski definition) is 7. The molecule has 0 radical (unpaired) electrons. The van der Waals surface area contributed by atoms with E-state index in [1.54, 1.807) is 24.3 Å². The van der Waals surface area contributed by atoms with Gasteiger partial charge in [0, 0.05) is 0 Å². The third kappa shape index (κ3) is 3.82. The average molecular weight is 334 g/mol. The van der Waals surface area contributed by atoms with Crippen LogP contribution < -0.4 is 21.4 Å². The lowest BCUT2D eigenvalue weighted by Gasteiger charge is -2.10. The van der Waals surface area contributed by atoms with Gasteiger partial charge in [-0.25, -0.2) is 9.36 Å². The molecule has 0 aliphatic rings. The number of aromatic hydroxyl groups is 1. The van der Waals surface area contributed by atoms with Crippen LogP contribution in [0.15, 0.2) is 39.0 Å². The van der Waals surface area contributed by atoms with E-state index in [1.807, 2.05) is 6.92 Å². The van der Waals surface area contributed by atoms with Gasteiger partial charge in [-0.15, -0.1) is 0 Å². The van der Waals surface area contributed by atoms with Gasteiger partial charge in [0.1, 0.15) is 11.3 Å². The first kappa shape index (κ1) is 17.3. The number of aromatic nitrogens is 2. The maximum Gasteiger partial charge on any atom is 0.335 e. The maximum absolute atomic E-state index is 12.0. The minimum Gasteiger partial charge on any atom is -0.494 e. The van der Waals surface area contributed by atoms with Gasteiger partial charge in [0.05, 0.1) is 31.7 Å². The van der Waals surface area contributed by atoms with Crippen LogP contribution in [0.1, 0.15) is 12.5 Å². The number of H-pyrrole nitrogens is 1. The number of rotatable bonds is 7. The topological polar surface area (TPSA) is 129 Å². The van der Waals surface area contributed by atoms with Gasteiger partial charge in [0.2, 0.25) is 5.88 Å². The first-order chi connectivity index (χ1) is 11.6. The fourth-order valence-corrected chi connectivity index (χ4v) is 1.98. The summed E-state index contributed by atoms with van der Waals surface area (Å²) in [6.07, 6.45) is 1.08. The number of hydrazone groups is 1. The highest BCUT2D eigenvalue weighted by Gasteiger charge is 2.14. The zero-order chi connectivity index (χ0) is 17.5. The Morgan fingerprint density at radius 3 is 2.67 bits per heavy atom. The Labute approximate surface area is 136 Å². The SMILES string of the molecule is CCOc1ccc(-n2c(O)c(C=NNCCO)c(=O)[nH]c2=O)cc1. The molecule has 0 bridgehead atoms. The first-order valence-electron chi connectivity index (χ1n) is 7.26. The second kappa shape index (κ2) is 7.97. The van der Waals surface area contributed by atoms with Gasteiger partial charge in [-0.2, -0.15) is 5.10 Å². The smallest absolute Gasteiger partial charge is 0.335 e. The van der Waals surface area contributed by atoms with Gasteiger partial charge in [-0.05, 0) is 31.2 Å². The van der Waals surface area contributed by atoms with Crippen LogP contribution in [0.2, 0.25) is 0 Å². The molecule has 0 unspecified atom stereocenters. The Balaban J connectivity index is 2.44. The summed E-state index contributed by atoms with van der Waals surface area (Å²) in [5.41, 5.74) is 1.11. The van der Waals surface area contributed by atoms with E-state index in [9.17, 15) is 14.7 Å². The molecule has 0 aliphatic heterocycles. The molecule has 2 aromatic rings. The molecule has 0 saturated heterocycles. The lowest BCUT2D eigenvalue weighted by atomic mass is 10.2. The number of benzene rings is 1. The largest absolute Gasteiger partial charge is 0.494 e. The fourth-order valence-electron chi connectivity index (χ4n) is 1.98. The van der Waals surface area contributed by atoms with Crippen molar-refractivity contribution in [2.24, 2.45) is 5.10 Å². The molecule has 0 aliphatic carbocycles. The summed E-state index contributed by atoms with van der Waals surface area (Å²) < 4.78 is 6.27. The maximum atomic E-state index is 12.0. The van der Waals surface area contributed by atoms with Crippen molar-refractivity contribution < 1.29 is 14.9 Å². The van der Waals surface area contributed by atoms with E-state index in [4.69, 9.17) is 9.84 Å². The molecule has 0 amide bonds. The molecule has 0 fully saturated rings. The molecule has 0 saturated carbocycles. The summed E-state index contributed by atoms with van der Waals surface area (Å²) >= 11 is 0. The second-order valence-corrected chi connectivity index (χ2v) is 4.65. The molecule has 0 atom stereocenters. The van der Waals surface area contributed by atoms with Crippen LogP contribution in [-0.4, -0.2) is 45.7 Å². The quantitative estimate of drug-likeness (QED) is 0.308. The van der Waals surface area contributed by atoms with Crippen LogP contribution in [0.5, 0.6) is 11.6 Å². The van der Waals surface area contributed by atoms with Crippen molar-refractivity contribution >= 4 is 6.21 Å². The van der Waals surface area contributed by atoms with Crippen LogP contribution in [0.4, 0.5) is 0 Å². The molecule has 24 heavy (non-hydrogen) atoms. The van der Waals surface area contributed by atoms with Crippen LogP contribution in [0, 0.1) is 0 Å². The van der Waals surface area contributed by atoms with E-state index in [0.717, 1.165) is 10.8 Å². The minimum atomic E-state index is -0.776. The Bertz CT molecular complexity index is 823. The number of aromatic amines is 1. The summed E-state index contributed by atoms with van der Waals surface area (Å²) in [5.74, 6) is 0.0793. The predicted octanol–water partition coefficient (Wildman–Crippen LogP) is -0.454. The summed E-state index contributed by atoms with van der Waals surface area (Å²) in [5, 5.41) is 22.6. The minimum absolute atomic E-state index is 0.134. The highest BCUT2D eigenvalue weighted by molar-refractivity contribution is 5.82. The lowest BCUT2D eigenvalue weighted by Crippen LogP contribution is -2.31. The van der Waals surface area contributed by atoms with Crippen molar-refractivity contribution in [3.63, 3.8) is 0 Å². The summed E-state index contributed by atoms with van der Waals surface area (Å²) in [7, 11) is 0. The molecule has 9 heteroatoms. The molecular formula is C15H18N4O5. The van der Waals surface area contributed by atoms with Gasteiger partial charge in [0.25, 0.3) is 5.56 Å². The fraction of sp³-hybridized carbons (Fsp3) is 0.267. The van der Waals surface area contributed by atoms with E-state index in [0.29, 0.717) is 18.0 Å². The molecule has 2 rings (SSSR count). The Hall–Kier alpha value is -3.07. The first-order valence-corrected chi connectivity index (χ1v) is 7.26. The highest BCUT2D eigenvalue weighted by atomic mass is 16.5. The summed E-state index contributed by atoms with van der Waals surface area (Å²) in [6.45, 7) is 2.41. The molecule has 9 nitrogen and oxygen atoms in total. The van der Waals surface area contributed by atoms with Crippen LogP contribution in [0.25, 0.3) is 5.69 Å². The van der Waals surface area contributed by atoms with Crippen molar-refractivity contribution in [2.45, 2.75) is 6.92 Å². The molecule has 1 heterocycles. The second-order valence-electron chi connectivity index (χ2n) is 4.65. The van der Waals surface area contributed by atoms with Crippen LogP contribution >= 0.6 is 0 Å². The number of ether oxygens (including phenoxy) is 1. The van der Waals surface area contributed by atoms with Gasteiger partial charge in [0.15, 0.2) is 0 Å². The van der Waals surface area contributed by atoms with E-state index < -0.39 is 17.1 Å². The van der Waals surface area contributed by atoms with Gasteiger partial charge in [-0.3, -0.25) is 9.78 Å². The molecule has 1 aromatic carbocycles. The van der Waals surface area contributed by atoms with E-state index in [-0.39, 0.29) is 18.7 Å². The van der Waals surface area contributed by atoms with Crippen molar-refractivity contribution in [1.82, 2.24) is 15.0 Å². The molecule has 128 valence electrons. The Kier molecular flexibility index (Phi) is 5.74. The van der Waals surface area contributed by atoms with E-state index in [1.165, 1.54) is 0 Å². The zero-order valence-corrected chi connectivity index (χ0v) is 13.0. The average Bonchev–Trinajstić information content (AvgIpc) is 2.55. The zero-order valence-electron chi connectivity index (χ0n) is 13.0. The monoisotopic (exact) mass is 334 g/mol. The normalized spacial score (nSPS) is 10.9. The number of nitrogens with one attached hydrogen (secondary N) is 2. The van der Waals surface area contributed by atoms with Crippen LogP contribution in [0.3, 0.4) is 0 Å². The van der Waals surface area contributed by atoms with Crippen molar-refractivity contribution in [3.05, 3.63) is 50.7 Å². The van der Waals surface area contributed by atoms with Crippen molar-refractivity contribution in [2.75, 3.05) is 19.8 Å². The summed E-state index contributed by atoms with van der Waals surface area (Å²) in [6, 6.07) is 6.45. The number of aliphatic hydroxyl groups is 1. The molecule has 1 aromatic heterocycles. The third-order valence-corrected chi connectivity index (χ3v) is 3.04. The van der Waals surface area contributed by atoms with Gasteiger partial charge >= 0.3 is 5.69 Å². The predicted molar refractivity (Wildman–Crippen MR) is 88.2 cm³/mol. The molecule has 0 spiro atoms. The Morgan fingerprint density at radius 1 is 1.33 bits per heavy atom. The standard InChI is InChI=1S/C15H18N4O5/c1-2-24-11-5-3-10(4-6-11)19-14(22)12(9-17-16-7-8-20)13(21)18-15(19)23/h3-6,9,16,20,22H,2,7-8H2,1H3,(H,18,21,23). The third-order valence-electron chi connectivity index (χ3n) is 3.04. The van der Waals surface area contributed by atoms with E-state index >= 15 is 0 Å². The number of aliphatic hydroxyl groups excluding tert-OH is 1. The lowest BCUT2D eigenvalue weighted by molar-refractivity contribution is 0.294. The van der Waals surface area contributed by atoms with E-state index in [2.05, 4.69) is 15.5 Å². The van der Waals surface area contributed by atoms with Crippen molar-refractivity contribution in [3.8, 4) is 17.3 Å². The number of hydrogen-bond donors (Lipinski definition) is 4. The van der Waals surface area contributed by atoms with Crippen LogP contribution in [-0.2, 0) is 0 Å². The number of nitrogens with zero attached hydrogens (tertiary/aromatic N) is 2. The summed E-state index contributed by atoms with van der Waals surface area (Å²) in [4.78, 5) is 26.0. The van der Waals surface area contributed by atoms with Gasteiger partial charge < -0.3 is 20.4 Å². The Morgan fingerprint density at radius 2 is 2.04 bits per heavy atom. The molecule has 4 N–H and O–H groups in total.